The zero-order valence-electron chi connectivity index (χ0n) is 13.2. The topological polar surface area (TPSA) is 174 Å². The molecule has 0 radical (unpaired) electrons. The van der Waals surface area contributed by atoms with E-state index in [0.29, 0.717) is 0 Å². The summed E-state index contributed by atoms with van der Waals surface area (Å²) in [7, 11) is 0. The molecule has 1 aromatic rings. The van der Waals surface area contributed by atoms with Gasteiger partial charge < -0.3 is 35.6 Å². The fourth-order valence-corrected chi connectivity index (χ4v) is 1.90. The number of aldehydes is 1. The molecule has 0 unspecified atom stereocenters. The molecule has 0 aliphatic rings. The van der Waals surface area contributed by atoms with Gasteiger partial charge in [0.15, 0.2) is 6.29 Å². The van der Waals surface area contributed by atoms with E-state index in [2.05, 4.69) is 0 Å². The maximum absolute atomic E-state index is 12.3. The third-order valence-electron chi connectivity index (χ3n) is 3.23. The summed E-state index contributed by atoms with van der Waals surface area (Å²) in [5.74, 6) is -1.98. The molecule has 1 amide bonds. The number of hydrogen-bond acceptors (Lipinski definition) is 9. The lowest BCUT2D eigenvalue weighted by molar-refractivity contribution is -0.170. The van der Waals surface area contributed by atoms with Crippen LogP contribution in [0.1, 0.15) is 17.3 Å². The molecule has 0 aromatic heterocycles. The zero-order valence-corrected chi connectivity index (χ0v) is 13.2. The highest BCUT2D eigenvalue weighted by molar-refractivity contribution is 5.99. The molecule has 10 heteroatoms. The SMILES string of the molecule is CC(=O)Oc1ccccc1C(=O)N[C@](O)(C=O)[C@H](O)[C@@H](O)[C@H](O)CO. The molecule has 0 saturated heterocycles. The Morgan fingerprint density at radius 1 is 1.28 bits per heavy atom. The Hall–Kier alpha value is -2.37. The molecule has 0 saturated carbocycles. The Kier molecular flexibility index (Phi) is 7.15. The average Bonchev–Trinajstić information content (AvgIpc) is 2.59. The second kappa shape index (κ2) is 8.65. The predicted molar refractivity (Wildman–Crippen MR) is 81.3 cm³/mol. The third kappa shape index (κ3) is 5.05. The lowest BCUT2D eigenvalue weighted by Crippen LogP contribution is -2.63. The van der Waals surface area contributed by atoms with Crippen LogP contribution in [0, 0.1) is 0 Å². The molecule has 6 N–H and O–H groups in total. The molecule has 0 aliphatic carbocycles. The lowest BCUT2D eigenvalue weighted by atomic mass is 9.98. The molecule has 0 fully saturated rings. The van der Waals surface area contributed by atoms with Gasteiger partial charge in [-0.25, -0.2) is 0 Å². The van der Waals surface area contributed by atoms with E-state index in [1.54, 1.807) is 5.32 Å². The van der Waals surface area contributed by atoms with Gasteiger partial charge in [0.25, 0.3) is 5.91 Å². The molecule has 10 nitrogen and oxygen atoms in total. The van der Waals surface area contributed by atoms with E-state index in [4.69, 9.17) is 9.84 Å². The summed E-state index contributed by atoms with van der Waals surface area (Å²) < 4.78 is 4.82. The van der Waals surface area contributed by atoms with Crippen molar-refractivity contribution in [3.63, 3.8) is 0 Å². The first-order valence-electron chi connectivity index (χ1n) is 7.10. The van der Waals surface area contributed by atoms with Gasteiger partial charge in [-0.05, 0) is 12.1 Å². The molecule has 4 atom stereocenters. The van der Waals surface area contributed by atoms with Crippen LogP contribution < -0.4 is 10.1 Å². The maximum Gasteiger partial charge on any atom is 0.308 e. The van der Waals surface area contributed by atoms with Crippen molar-refractivity contribution in [1.82, 2.24) is 5.32 Å². The Morgan fingerprint density at radius 2 is 1.88 bits per heavy atom. The molecule has 1 rings (SSSR count). The largest absolute Gasteiger partial charge is 0.426 e. The number of carbonyl (C=O) groups is 3. The van der Waals surface area contributed by atoms with Crippen molar-refractivity contribution in [3.05, 3.63) is 29.8 Å². The number of amides is 1. The fourth-order valence-electron chi connectivity index (χ4n) is 1.90. The summed E-state index contributed by atoms with van der Waals surface area (Å²) in [6.07, 6.45) is -6.61. The molecule has 0 heterocycles. The van der Waals surface area contributed by atoms with Gasteiger partial charge in [0, 0.05) is 6.92 Å². The summed E-state index contributed by atoms with van der Waals surface area (Å²) in [6.45, 7) is 0.142. The minimum atomic E-state index is -2.98. The van der Waals surface area contributed by atoms with Crippen molar-refractivity contribution in [2.45, 2.75) is 31.0 Å². The van der Waals surface area contributed by atoms with Gasteiger partial charge in [-0.2, -0.15) is 0 Å². The zero-order chi connectivity index (χ0) is 19.2. The van der Waals surface area contributed by atoms with E-state index in [9.17, 15) is 34.8 Å². The lowest BCUT2D eigenvalue weighted by Gasteiger charge is -2.33. The third-order valence-corrected chi connectivity index (χ3v) is 3.23. The van der Waals surface area contributed by atoms with Crippen LogP contribution in [0.15, 0.2) is 24.3 Å². The summed E-state index contributed by atoms with van der Waals surface area (Å²) in [5, 5.41) is 49.4. The Morgan fingerprint density at radius 3 is 2.40 bits per heavy atom. The van der Waals surface area contributed by atoms with Gasteiger partial charge in [0.05, 0.1) is 12.2 Å². The number of carbonyl (C=O) groups excluding carboxylic acids is 3. The Balaban J connectivity index is 3.07. The first kappa shape index (κ1) is 20.7. The summed E-state index contributed by atoms with van der Waals surface area (Å²) in [5.41, 5.74) is -3.21. The van der Waals surface area contributed by atoms with Crippen molar-refractivity contribution in [3.8, 4) is 5.75 Å². The van der Waals surface area contributed by atoms with Crippen molar-refractivity contribution < 1.29 is 44.7 Å². The second-order valence-corrected chi connectivity index (χ2v) is 5.17. The van der Waals surface area contributed by atoms with Crippen LogP contribution in [0.4, 0.5) is 0 Å². The number of para-hydroxylation sites is 1. The molecule has 0 bridgehead atoms. The summed E-state index contributed by atoms with van der Waals surface area (Å²) in [4.78, 5) is 34.5. The van der Waals surface area contributed by atoms with Crippen LogP contribution in [0.5, 0.6) is 5.75 Å². The van der Waals surface area contributed by atoms with E-state index >= 15 is 0 Å². The maximum atomic E-state index is 12.3. The minimum absolute atomic E-state index is 0.161. The normalized spacial score (nSPS) is 16.9. The van der Waals surface area contributed by atoms with Gasteiger partial charge in [-0.3, -0.25) is 14.4 Å². The fraction of sp³-hybridized carbons (Fsp3) is 0.400. The van der Waals surface area contributed by atoms with Crippen LogP contribution in [0.2, 0.25) is 0 Å². The van der Waals surface area contributed by atoms with Crippen LogP contribution >= 0.6 is 0 Å². The molecular weight excluding hydrogens is 338 g/mol. The van der Waals surface area contributed by atoms with Gasteiger partial charge in [0.1, 0.15) is 24.1 Å². The second-order valence-electron chi connectivity index (χ2n) is 5.17. The highest BCUT2D eigenvalue weighted by atomic mass is 16.5. The standard InChI is InChI=1S/C15H19NO9/c1-8(19)25-11-5-3-2-4-9(11)14(23)16-15(24,7-18)13(22)12(21)10(20)6-17/h2-5,7,10,12-13,17,20-22,24H,6H2,1H3,(H,16,23)/t10-,12+,13-,15+/m1/s1. The molecule has 0 aliphatic heterocycles. The predicted octanol–water partition coefficient (Wildman–Crippen LogP) is -2.70. The molecular formula is C15H19NO9. The number of esters is 1. The first-order valence-corrected chi connectivity index (χ1v) is 7.10. The quantitative estimate of drug-likeness (QED) is 0.125. The van der Waals surface area contributed by atoms with Crippen LogP contribution in [-0.4, -0.2) is 74.3 Å². The monoisotopic (exact) mass is 357 g/mol. The van der Waals surface area contributed by atoms with E-state index in [1.165, 1.54) is 24.3 Å². The first-order chi connectivity index (χ1) is 11.7. The van der Waals surface area contributed by atoms with Gasteiger partial charge >= 0.3 is 5.97 Å². The molecule has 1 aromatic carbocycles. The number of rotatable bonds is 8. The van der Waals surface area contributed by atoms with Gasteiger partial charge in [-0.1, -0.05) is 12.1 Å². The van der Waals surface area contributed by atoms with Crippen LogP contribution in [0.3, 0.4) is 0 Å². The van der Waals surface area contributed by atoms with Gasteiger partial charge in [-0.15, -0.1) is 0 Å². The van der Waals surface area contributed by atoms with Crippen molar-refractivity contribution >= 4 is 18.2 Å². The smallest absolute Gasteiger partial charge is 0.308 e. The highest BCUT2D eigenvalue weighted by Crippen LogP contribution is 2.20. The Bertz CT molecular complexity index is 635. The number of hydrogen-bond donors (Lipinski definition) is 6. The number of nitrogens with one attached hydrogen (secondary N) is 1. The van der Waals surface area contributed by atoms with Crippen molar-refractivity contribution in [2.75, 3.05) is 6.61 Å². The van der Waals surface area contributed by atoms with Crippen LogP contribution in [-0.2, 0) is 9.59 Å². The van der Waals surface area contributed by atoms with Gasteiger partial charge in [0.2, 0.25) is 5.72 Å². The van der Waals surface area contributed by atoms with E-state index < -0.39 is 42.5 Å². The van der Waals surface area contributed by atoms with Crippen molar-refractivity contribution in [1.29, 1.82) is 0 Å². The number of ether oxygens (including phenoxy) is 1. The van der Waals surface area contributed by atoms with E-state index in [-0.39, 0.29) is 17.6 Å². The highest BCUT2D eigenvalue weighted by Gasteiger charge is 2.44. The van der Waals surface area contributed by atoms with E-state index in [1.807, 2.05) is 0 Å². The Labute approximate surface area is 142 Å². The molecule has 25 heavy (non-hydrogen) atoms. The molecule has 0 spiro atoms. The summed E-state index contributed by atoms with van der Waals surface area (Å²) in [6, 6.07) is 5.40. The van der Waals surface area contributed by atoms with Crippen LogP contribution in [0.25, 0.3) is 0 Å². The number of aliphatic hydroxyl groups is 5. The van der Waals surface area contributed by atoms with Crippen molar-refractivity contribution in [2.24, 2.45) is 0 Å². The minimum Gasteiger partial charge on any atom is -0.426 e. The number of benzene rings is 1. The van der Waals surface area contributed by atoms with E-state index in [0.717, 1.165) is 6.92 Å². The summed E-state index contributed by atoms with van der Waals surface area (Å²) >= 11 is 0. The molecule has 138 valence electrons. The average molecular weight is 357 g/mol. The number of aliphatic hydroxyl groups excluding tert-OH is 4.